The predicted octanol–water partition coefficient (Wildman–Crippen LogP) is 2.69. The number of rotatable bonds is 4. The minimum Gasteiger partial charge on any atom is -0.396 e. The number of hydrogen-bond acceptors (Lipinski definition) is 3. The molecular formula is C12H12BrNO2. The molecule has 1 N–H and O–H groups in total. The molecule has 0 saturated heterocycles. The summed E-state index contributed by atoms with van der Waals surface area (Å²) in [6.45, 7) is 0.0999. The van der Waals surface area contributed by atoms with Gasteiger partial charge < -0.3 is 9.63 Å². The van der Waals surface area contributed by atoms with E-state index in [0.29, 0.717) is 6.42 Å². The van der Waals surface area contributed by atoms with Crippen LogP contribution in [0.15, 0.2) is 41.1 Å². The zero-order valence-electron chi connectivity index (χ0n) is 8.64. The lowest BCUT2D eigenvalue weighted by molar-refractivity contribution is 0.299. The summed E-state index contributed by atoms with van der Waals surface area (Å²) in [6, 6.07) is 9.99. The van der Waals surface area contributed by atoms with Crippen molar-refractivity contribution in [3.8, 4) is 0 Å². The molecule has 0 unspecified atom stereocenters. The summed E-state index contributed by atoms with van der Waals surface area (Å²) in [5.74, 6) is 0. The van der Waals surface area contributed by atoms with Crippen molar-refractivity contribution in [2.24, 2.45) is 0 Å². The van der Waals surface area contributed by atoms with Crippen molar-refractivity contribution in [1.29, 1.82) is 0 Å². The van der Waals surface area contributed by atoms with Gasteiger partial charge in [0.25, 0.3) is 0 Å². The van der Waals surface area contributed by atoms with E-state index < -0.39 is 0 Å². The number of hydrogen-bond donors (Lipinski definition) is 1. The zero-order chi connectivity index (χ0) is 11.4. The molecule has 0 aliphatic carbocycles. The Labute approximate surface area is 102 Å². The molecule has 3 nitrogen and oxygen atoms in total. The third kappa shape index (κ3) is 2.33. The summed E-state index contributed by atoms with van der Waals surface area (Å²) >= 11 is 3.59. The van der Waals surface area contributed by atoms with Gasteiger partial charge in [-0.25, -0.2) is 0 Å². The molecule has 0 radical (unpaired) electrons. The van der Waals surface area contributed by atoms with Crippen molar-refractivity contribution in [2.75, 3.05) is 6.61 Å². The fourth-order valence-electron chi connectivity index (χ4n) is 1.56. The molecule has 2 rings (SSSR count). The Hall–Kier alpha value is -1.13. The number of aliphatic hydroxyl groups is 1. The van der Waals surface area contributed by atoms with Gasteiger partial charge in [-0.1, -0.05) is 51.4 Å². The Balaban J connectivity index is 2.27. The molecule has 0 fully saturated rings. The van der Waals surface area contributed by atoms with E-state index in [0.717, 1.165) is 16.8 Å². The molecule has 16 heavy (non-hydrogen) atoms. The highest BCUT2D eigenvalue weighted by Crippen LogP contribution is 2.31. The first-order chi connectivity index (χ1) is 7.83. The first-order valence-corrected chi connectivity index (χ1v) is 5.97. The van der Waals surface area contributed by atoms with Crippen LogP contribution < -0.4 is 0 Å². The van der Waals surface area contributed by atoms with Crippen LogP contribution in [-0.2, 0) is 6.42 Å². The molecule has 0 aliphatic rings. The summed E-state index contributed by atoms with van der Waals surface area (Å²) in [4.78, 5) is 0.00833. The first kappa shape index (κ1) is 11.4. The Morgan fingerprint density at radius 3 is 2.75 bits per heavy atom. The second-order valence-corrected chi connectivity index (χ2v) is 4.39. The molecule has 0 amide bonds. The van der Waals surface area contributed by atoms with Gasteiger partial charge in [0.05, 0.1) is 4.83 Å². The summed E-state index contributed by atoms with van der Waals surface area (Å²) in [7, 11) is 0. The maximum atomic E-state index is 8.93. The number of nitrogens with zero attached hydrogens (tertiary/aromatic N) is 1. The molecule has 1 heterocycles. The van der Waals surface area contributed by atoms with Crippen LogP contribution in [-0.4, -0.2) is 16.9 Å². The van der Waals surface area contributed by atoms with E-state index in [2.05, 4.69) is 21.1 Å². The van der Waals surface area contributed by atoms with E-state index in [1.165, 1.54) is 0 Å². The Morgan fingerprint density at radius 1 is 1.31 bits per heavy atom. The maximum Gasteiger partial charge on any atom is 0.127 e. The number of halogens is 1. The number of aliphatic hydroxyl groups excluding tert-OH is 1. The summed E-state index contributed by atoms with van der Waals surface area (Å²) in [6.07, 6.45) is 2.15. The van der Waals surface area contributed by atoms with Crippen LogP contribution in [0.1, 0.15) is 21.6 Å². The summed E-state index contributed by atoms with van der Waals surface area (Å²) in [5, 5.41) is 12.9. The Morgan fingerprint density at radius 2 is 2.06 bits per heavy atom. The van der Waals surface area contributed by atoms with Crippen molar-refractivity contribution < 1.29 is 9.63 Å². The van der Waals surface area contributed by atoms with Crippen LogP contribution >= 0.6 is 15.9 Å². The van der Waals surface area contributed by atoms with Gasteiger partial charge in [0.1, 0.15) is 12.0 Å². The minimum atomic E-state index is 0.00833. The topological polar surface area (TPSA) is 46.3 Å². The smallest absolute Gasteiger partial charge is 0.127 e. The highest BCUT2D eigenvalue weighted by Gasteiger charge is 2.17. The third-order valence-corrected chi connectivity index (χ3v) is 3.35. The SMILES string of the molecule is OCCc1conc1[C@@H](Br)c1ccccc1. The monoisotopic (exact) mass is 281 g/mol. The van der Waals surface area contributed by atoms with Crippen LogP contribution in [0.5, 0.6) is 0 Å². The highest BCUT2D eigenvalue weighted by atomic mass is 79.9. The van der Waals surface area contributed by atoms with Crippen LogP contribution in [0.3, 0.4) is 0 Å². The molecule has 0 aliphatic heterocycles. The van der Waals surface area contributed by atoms with Crippen molar-refractivity contribution in [2.45, 2.75) is 11.2 Å². The van der Waals surface area contributed by atoms with Gasteiger partial charge in [0, 0.05) is 18.6 Å². The molecule has 0 bridgehead atoms. The lowest BCUT2D eigenvalue weighted by Gasteiger charge is -2.08. The zero-order valence-corrected chi connectivity index (χ0v) is 10.2. The Bertz CT molecular complexity index is 441. The third-order valence-electron chi connectivity index (χ3n) is 2.39. The summed E-state index contributed by atoms with van der Waals surface area (Å²) in [5.41, 5.74) is 2.89. The van der Waals surface area contributed by atoms with E-state index in [9.17, 15) is 0 Å². The van der Waals surface area contributed by atoms with Gasteiger partial charge in [-0.05, 0) is 5.56 Å². The first-order valence-electron chi connectivity index (χ1n) is 5.06. The fraction of sp³-hybridized carbons (Fsp3) is 0.250. The van der Waals surface area contributed by atoms with Crippen molar-refractivity contribution in [3.63, 3.8) is 0 Å². The van der Waals surface area contributed by atoms with Crippen LogP contribution in [0.25, 0.3) is 0 Å². The van der Waals surface area contributed by atoms with Gasteiger partial charge in [0.15, 0.2) is 0 Å². The highest BCUT2D eigenvalue weighted by molar-refractivity contribution is 9.09. The largest absolute Gasteiger partial charge is 0.396 e. The quantitative estimate of drug-likeness (QED) is 0.877. The number of benzene rings is 1. The van der Waals surface area contributed by atoms with Crippen LogP contribution in [0.4, 0.5) is 0 Å². The molecule has 0 saturated carbocycles. The van der Waals surface area contributed by atoms with Gasteiger partial charge in [-0.3, -0.25) is 0 Å². The van der Waals surface area contributed by atoms with Gasteiger partial charge in [0.2, 0.25) is 0 Å². The van der Waals surface area contributed by atoms with E-state index in [4.69, 9.17) is 9.63 Å². The number of alkyl halides is 1. The molecule has 0 spiro atoms. The van der Waals surface area contributed by atoms with Crippen LogP contribution in [0, 0.1) is 0 Å². The Kier molecular flexibility index (Phi) is 3.74. The van der Waals surface area contributed by atoms with Gasteiger partial charge >= 0.3 is 0 Å². The predicted molar refractivity (Wildman–Crippen MR) is 64.5 cm³/mol. The van der Waals surface area contributed by atoms with E-state index in [-0.39, 0.29) is 11.4 Å². The molecule has 4 heteroatoms. The molecule has 1 atom stereocenters. The molecule has 1 aromatic carbocycles. The minimum absolute atomic E-state index is 0.00833. The van der Waals surface area contributed by atoms with Gasteiger partial charge in [-0.2, -0.15) is 0 Å². The fourth-order valence-corrected chi connectivity index (χ4v) is 2.24. The van der Waals surface area contributed by atoms with E-state index in [1.807, 2.05) is 30.3 Å². The molecular weight excluding hydrogens is 270 g/mol. The standard InChI is InChI=1S/C12H12BrNO2/c13-11(9-4-2-1-3-5-9)12-10(6-7-15)8-16-14-12/h1-5,8,11,15H,6-7H2/t11-/m0/s1. The second-order valence-electron chi connectivity index (χ2n) is 3.47. The molecule has 1 aromatic heterocycles. The lowest BCUT2D eigenvalue weighted by Crippen LogP contribution is -1.99. The maximum absolute atomic E-state index is 8.93. The van der Waals surface area contributed by atoms with Gasteiger partial charge in [-0.15, -0.1) is 0 Å². The second kappa shape index (κ2) is 5.27. The van der Waals surface area contributed by atoms with E-state index in [1.54, 1.807) is 6.26 Å². The average molecular weight is 282 g/mol. The number of aromatic nitrogens is 1. The van der Waals surface area contributed by atoms with Crippen molar-refractivity contribution >= 4 is 15.9 Å². The average Bonchev–Trinajstić information content (AvgIpc) is 2.78. The van der Waals surface area contributed by atoms with Crippen molar-refractivity contribution in [1.82, 2.24) is 5.16 Å². The lowest BCUT2D eigenvalue weighted by atomic mass is 10.1. The van der Waals surface area contributed by atoms with Crippen LogP contribution in [0.2, 0.25) is 0 Å². The molecule has 2 aromatic rings. The normalized spacial score (nSPS) is 12.6. The molecule has 84 valence electrons. The van der Waals surface area contributed by atoms with Crippen molar-refractivity contribution in [3.05, 3.63) is 53.4 Å². The summed E-state index contributed by atoms with van der Waals surface area (Å²) < 4.78 is 4.95. The van der Waals surface area contributed by atoms with E-state index >= 15 is 0 Å².